The molecule has 19 heavy (non-hydrogen) atoms. The zero-order valence-corrected chi connectivity index (χ0v) is 9.96. The smallest absolute Gasteiger partial charge is 0.208 e. The number of pyridine rings is 1. The van der Waals surface area contributed by atoms with Gasteiger partial charge in [0.1, 0.15) is 23.1 Å². The van der Waals surface area contributed by atoms with Crippen LogP contribution < -0.4 is 5.43 Å². The standard InChI is InChI=1S/C16H9NO2/c18-16-12(8-9-13-5-3-4-10-17-13)11-19-15-7-2-1-6-14(15)16/h1-7,10-11H. The molecule has 0 aliphatic rings. The third kappa shape index (κ3) is 2.24. The summed E-state index contributed by atoms with van der Waals surface area (Å²) in [5.74, 6) is 5.65. The summed E-state index contributed by atoms with van der Waals surface area (Å²) in [4.78, 5) is 16.2. The molecule has 90 valence electrons. The van der Waals surface area contributed by atoms with Gasteiger partial charge in [0.15, 0.2) is 0 Å². The van der Waals surface area contributed by atoms with E-state index in [1.54, 1.807) is 30.5 Å². The normalized spacial score (nSPS) is 9.89. The van der Waals surface area contributed by atoms with E-state index in [0.29, 0.717) is 22.2 Å². The maximum Gasteiger partial charge on any atom is 0.208 e. The Balaban J connectivity index is 2.10. The largest absolute Gasteiger partial charge is 0.463 e. The second-order valence-electron chi connectivity index (χ2n) is 3.94. The first kappa shape index (κ1) is 11.2. The minimum atomic E-state index is -0.120. The highest BCUT2D eigenvalue weighted by atomic mass is 16.3. The van der Waals surface area contributed by atoms with Crippen molar-refractivity contribution in [2.45, 2.75) is 0 Å². The molecule has 0 bridgehead atoms. The molecule has 0 aliphatic carbocycles. The lowest BCUT2D eigenvalue weighted by molar-refractivity contribution is 0.600. The Bertz CT molecular complexity index is 839. The maximum atomic E-state index is 12.2. The number of nitrogens with zero attached hydrogens (tertiary/aromatic N) is 1. The number of rotatable bonds is 0. The molecule has 0 N–H and O–H groups in total. The molecule has 2 heterocycles. The lowest BCUT2D eigenvalue weighted by atomic mass is 10.2. The van der Waals surface area contributed by atoms with Crippen LogP contribution in [0.15, 0.2) is 64.1 Å². The van der Waals surface area contributed by atoms with Crippen LogP contribution in [0.3, 0.4) is 0 Å². The lowest BCUT2D eigenvalue weighted by Gasteiger charge is -1.95. The van der Waals surface area contributed by atoms with Gasteiger partial charge in [-0.2, -0.15) is 0 Å². The lowest BCUT2D eigenvalue weighted by Crippen LogP contribution is -2.05. The van der Waals surface area contributed by atoms with E-state index in [1.165, 1.54) is 6.26 Å². The molecule has 0 unspecified atom stereocenters. The molecule has 0 saturated heterocycles. The SMILES string of the molecule is O=c1c(C#Cc2ccccn2)coc2ccccc12. The Morgan fingerprint density at radius 1 is 1.00 bits per heavy atom. The molecular formula is C16H9NO2. The summed E-state index contributed by atoms with van der Waals surface area (Å²) in [5.41, 5.74) is 1.40. The van der Waals surface area contributed by atoms with Crippen LogP contribution in [-0.4, -0.2) is 4.98 Å². The summed E-state index contributed by atoms with van der Waals surface area (Å²) in [6, 6.07) is 12.6. The Morgan fingerprint density at radius 3 is 2.68 bits per heavy atom. The van der Waals surface area contributed by atoms with Crippen LogP contribution in [0, 0.1) is 11.8 Å². The Morgan fingerprint density at radius 2 is 1.84 bits per heavy atom. The van der Waals surface area contributed by atoms with Crippen molar-refractivity contribution in [2.75, 3.05) is 0 Å². The summed E-state index contributed by atoms with van der Waals surface area (Å²) < 4.78 is 5.39. The van der Waals surface area contributed by atoms with Gasteiger partial charge in [-0.25, -0.2) is 4.98 Å². The Hall–Kier alpha value is -2.86. The maximum absolute atomic E-state index is 12.2. The highest BCUT2D eigenvalue weighted by Crippen LogP contribution is 2.09. The third-order valence-corrected chi connectivity index (χ3v) is 2.67. The molecule has 2 aromatic heterocycles. The van der Waals surface area contributed by atoms with Gasteiger partial charge in [-0.15, -0.1) is 0 Å². The van der Waals surface area contributed by atoms with E-state index in [0.717, 1.165) is 0 Å². The highest BCUT2D eigenvalue weighted by molar-refractivity contribution is 5.77. The number of aromatic nitrogens is 1. The average molecular weight is 247 g/mol. The predicted molar refractivity (Wildman–Crippen MR) is 72.7 cm³/mol. The fourth-order valence-corrected chi connectivity index (χ4v) is 1.73. The van der Waals surface area contributed by atoms with E-state index < -0.39 is 0 Å². The monoisotopic (exact) mass is 247 g/mol. The van der Waals surface area contributed by atoms with E-state index in [2.05, 4.69) is 16.8 Å². The van der Waals surface area contributed by atoms with Gasteiger partial charge in [0.25, 0.3) is 0 Å². The van der Waals surface area contributed by atoms with Gasteiger partial charge in [-0.05, 0) is 30.2 Å². The van der Waals surface area contributed by atoms with Crippen LogP contribution in [-0.2, 0) is 0 Å². The molecule has 0 radical (unpaired) electrons. The number of benzene rings is 1. The van der Waals surface area contributed by atoms with Crippen LogP contribution in [0.25, 0.3) is 11.0 Å². The minimum absolute atomic E-state index is 0.120. The Kier molecular flexibility index (Phi) is 2.83. The average Bonchev–Trinajstić information content (AvgIpc) is 2.48. The van der Waals surface area contributed by atoms with Crippen molar-refractivity contribution >= 4 is 11.0 Å². The minimum Gasteiger partial charge on any atom is -0.463 e. The van der Waals surface area contributed by atoms with Crippen LogP contribution in [0.1, 0.15) is 11.3 Å². The second kappa shape index (κ2) is 4.79. The summed E-state index contributed by atoms with van der Waals surface area (Å²) in [5, 5.41) is 0.537. The zero-order valence-electron chi connectivity index (χ0n) is 9.96. The quantitative estimate of drug-likeness (QED) is 0.573. The van der Waals surface area contributed by atoms with E-state index in [4.69, 9.17) is 4.42 Å². The zero-order chi connectivity index (χ0) is 13.1. The fraction of sp³-hybridized carbons (Fsp3) is 0. The van der Waals surface area contributed by atoms with Crippen molar-refractivity contribution in [3.8, 4) is 11.8 Å². The molecule has 0 amide bonds. The summed E-state index contributed by atoms with van der Waals surface area (Å²) in [6.07, 6.45) is 3.05. The molecule has 3 heteroatoms. The van der Waals surface area contributed by atoms with E-state index in [1.807, 2.05) is 18.2 Å². The number of para-hydroxylation sites is 1. The molecule has 1 aromatic carbocycles. The van der Waals surface area contributed by atoms with E-state index >= 15 is 0 Å². The number of hydrogen-bond donors (Lipinski definition) is 0. The molecule has 0 aliphatic heterocycles. The van der Waals surface area contributed by atoms with E-state index in [9.17, 15) is 4.79 Å². The topological polar surface area (TPSA) is 43.1 Å². The fourth-order valence-electron chi connectivity index (χ4n) is 1.73. The Labute approximate surface area is 109 Å². The van der Waals surface area contributed by atoms with Crippen LogP contribution in [0.5, 0.6) is 0 Å². The molecule has 0 saturated carbocycles. The third-order valence-electron chi connectivity index (χ3n) is 2.67. The molecule has 3 rings (SSSR count). The van der Waals surface area contributed by atoms with Crippen LogP contribution in [0.2, 0.25) is 0 Å². The van der Waals surface area contributed by atoms with Gasteiger partial charge >= 0.3 is 0 Å². The molecule has 3 aromatic rings. The van der Waals surface area contributed by atoms with Gasteiger partial charge in [-0.1, -0.05) is 24.1 Å². The molecule has 0 spiro atoms. The predicted octanol–water partition coefficient (Wildman–Crippen LogP) is 2.59. The first-order valence-corrected chi connectivity index (χ1v) is 5.78. The number of fused-ring (bicyclic) bond motifs is 1. The molecular weight excluding hydrogens is 238 g/mol. The van der Waals surface area contributed by atoms with Crippen molar-refractivity contribution in [1.29, 1.82) is 0 Å². The highest BCUT2D eigenvalue weighted by Gasteiger charge is 2.03. The first-order valence-electron chi connectivity index (χ1n) is 5.78. The van der Waals surface area contributed by atoms with Crippen molar-refractivity contribution in [1.82, 2.24) is 4.98 Å². The first-order chi connectivity index (χ1) is 9.34. The van der Waals surface area contributed by atoms with Gasteiger partial charge < -0.3 is 4.42 Å². The van der Waals surface area contributed by atoms with Gasteiger partial charge in [-0.3, -0.25) is 4.79 Å². The van der Waals surface area contributed by atoms with Crippen LogP contribution in [0.4, 0.5) is 0 Å². The molecule has 0 atom stereocenters. The number of hydrogen-bond acceptors (Lipinski definition) is 3. The van der Waals surface area contributed by atoms with E-state index in [-0.39, 0.29) is 5.43 Å². The van der Waals surface area contributed by atoms with Crippen molar-refractivity contribution in [3.63, 3.8) is 0 Å². The van der Waals surface area contributed by atoms with Crippen molar-refractivity contribution in [3.05, 3.63) is 76.4 Å². The summed E-state index contributed by atoms with van der Waals surface area (Å²) >= 11 is 0. The molecule has 0 fully saturated rings. The van der Waals surface area contributed by atoms with Gasteiger partial charge in [0, 0.05) is 6.20 Å². The van der Waals surface area contributed by atoms with Crippen LogP contribution >= 0.6 is 0 Å². The summed E-state index contributed by atoms with van der Waals surface area (Å²) in [7, 11) is 0. The second-order valence-corrected chi connectivity index (χ2v) is 3.94. The summed E-state index contributed by atoms with van der Waals surface area (Å²) in [6.45, 7) is 0. The van der Waals surface area contributed by atoms with Crippen molar-refractivity contribution < 1.29 is 4.42 Å². The molecule has 3 nitrogen and oxygen atoms in total. The van der Waals surface area contributed by atoms with Gasteiger partial charge in [0.05, 0.1) is 5.39 Å². The van der Waals surface area contributed by atoms with Crippen molar-refractivity contribution in [2.24, 2.45) is 0 Å². The van der Waals surface area contributed by atoms with Gasteiger partial charge in [0.2, 0.25) is 5.43 Å².